The average molecular weight is 218 g/mol. The summed E-state index contributed by atoms with van der Waals surface area (Å²) in [5.41, 5.74) is 0. The predicted molar refractivity (Wildman–Crippen MR) is 55.5 cm³/mol. The van der Waals surface area contributed by atoms with Crippen LogP contribution < -0.4 is 0 Å². The molecule has 0 aromatic carbocycles. The molecule has 0 bridgehead atoms. The van der Waals surface area contributed by atoms with E-state index < -0.39 is 11.6 Å². The molecule has 0 aromatic rings. The van der Waals surface area contributed by atoms with Gasteiger partial charge in [-0.25, -0.2) is 0 Å². The predicted octanol–water partition coefficient (Wildman–Crippen LogP) is 3.18. The first kappa shape index (κ1) is 12.9. The quantitative estimate of drug-likeness (QED) is 0.679. The van der Waals surface area contributed by atoms with Crippen LogP contribution >= 0.6 is 0 Å². The second-order valence-electron chi connectivity index (χ2n) is 4.74. The van der Waals surface area contributed by atoms with Crippen LogP contribution in [0.15, 0.2) is 0 Å². The molecule has 1 aliphatic rings. The SMILES string of the molecule is CCCCC1(C)OOC(C)(C(C)C)OO1. The Morgan fingerprint density at radius 2 is 1.53 bits per heavy atom. The lowest BCUT2D eigenvalue weighted by Gasteiger charge is -2.41. The molecule has 0 unspecified atom stereocenters. The maximum Gasteiger partial charge on any atom is 0.233 e. The molecule has 0 spiro atoms. The molecule has 15 heavy (non-hydrogen) atoms. The van der Waals surface area contributed by atoms with Crippen molar-refractivity contribution in [2.45, 2.75) is 65.5 Å². The second-order valence-corrected chi connectivity index (χ2v) is 4.74. The normalized spacial score (nSPS) is 37.2. The summed E-state index contributed by atoms with van der Waals surface area (Å²) in [6.45, 7) is 9.72. The summed E-state index contributed by atoms with van der Waals surface area (Å²) < 4.78 is 0. The Kier molecular flexibility index (Phi) is 4.12. The molecule has 0 aliphatic carbocycles. The van der Waals surface area contributed by atoms with Crippen LogP contribution in [0.2, 0.25) is 0 Å². The van der Waals surface area contributed by atoms with E-state index >= 15 is 0 Å². The summed E-state index contributed by atoms with van der Waals surface area (Å²) in [6, 6.07) is 0. The molecule has 0 radical (unpaired) electrons. The zero-order valence-electron chi connectivity index (χ0n) is 10.3. The molecule has 0 atom stereocenters. The van der Waals surface area contributed by atoms with Crippen molar-refractivity contribution in [3.63, 3.8) is 0 Å². The van der Waals surface area contributed by atoms with Gasteiger partial charge in [0.15, 0.2) is 0 Å². The van der Waals surface area contributed by atoms with Crippen LogP contribution in [-0.2, 0) is 19.6 Å². The number of hydrogen-bond donors (Lipinski definition) is 0. The Hall–Kier alpha value is -0.160. The highest BCUT2D eigenvalue weighted by Crippen LogP contribution is 2.35. The summed E-state index contributed by atoms with van der Waals surface area (Å²) >= 11 is 0. The Bertz CT molecular complexity index is 195. The Morgan fingerprint density at radius 1 is 1.00 bits per heavy atom. The van der Waals surface area contributed by atoms with E-state index in [0.29, 0.717) is 0 Å². The van der Waals surface area contributed by atoms with Crippen LogP contribution in [0.4, 0.5) is 0 Å². The third-order valence-electron chi connectivity index (χ3n) is 2.80. The Morgan fingerprint density at radius 3 is 1.93 bits per heavy atom. The van der Waals surface area contributed by atoms with E-state index in [1.54, 1.807) is 6.92 Å². The molecular weight excluding hydrogens is 196 g/mol. The van der Waals surface area contributed by atoms with E-state index in [9.17, 15) is 0 Å². The van der Waals surface area contributed by atoms with Gasteiger partial charge in [-0.3, -0.25) is 0 Å². The van der Waals surface area contributed by atoms with Gasteiger partial charge in [-0.05, 0) is 20.3 Å². The first-order valence-corrected chi connectivity index (χ1v) is 5.65. The highest BCUT2D eigenvalue weighted by molar-refractivity contribution is 4.68. The van der Waals surface area contributed by atoms with E-state index in [1.165, 1.54) is 0 Å². The van der Waals surface area contributed by atoms with Crippen molar-refractivity contribution in [2.75, 3.05) is 0 Å². The largest absolute Gasteiger partial charge is 0.233 e. The van der Waals surface area contributed by atoms with Gasteiger partial charge in [0.2, 0.25) is 11.6 Å². The average Bonchev–Trinajstić information content (AvgIpc) is 2.20. The summed E-state index contributed by atoms with van der Waals surface area (Å²) in [6.07, 6.45) is 2.86. The lowest BCUT2D eigenvalue weighted by molar-refractivity contribution is -0.657. The van der Waals surface area contributed by atoms with Gasteiger partial charge in [0, 0.05) is 12.3 Å². The molecule has 0 aromatic heterocycles. The first-order valence-electron chi connectivity index (χ1n) is 5.65. The van der Waals surface area contributed by atoms with Gasteiger partial charge in [0.05, 0.1) is 0 Å². The second kappa shape index (κ2) is 4.78. The Labute approximate surface area is 91.7 Å². The van der Waals surface area contributed by atoms with Crippen molar-refractivity contribution in [3.05, 3.63) is 0 Å². The minimum atomic E-state index is -0.814. The van der Waals surface area contributed by atoms with Crippen LogP contribution in [0.1, 0.15) is 53.9 Å². The maximum absolute atomic E-state index is 5.30. The number of unbranched alkanes of at least 4 members (excludes halogenated alkanes) is 1. The minimum absolute atomic E-state index is 0.160. The molecule has 90 valence electrons. The molecule has 1 rings (SSSR count). The fraction of sp³-hybridized carbons (Fsp3) is 1.00. The van der Waals surface area contributed by atoms with Gasteiger partial charge in [-0.1, -0.05) is 27.2 Å². The molecule has 0 amide bonds. The monoisotopic (exact) mass is 218 g/mol. The van der Waals surface area contributed by atoms with Gasteiger partial charge in [0.1, 0.15) is 0 Å². The van der Waals surface area contributed by atoms with Crippen molar-refractivity contribution in [1.82, 2.24) is 0 Å². The molecule has 4 nitrogen and oxygen atoms in total. The van der Waals surface area contributed by atoms with E-state index in [2.05, 4.69) is 6.92 Å². The summed E-state index contributed by atoms with van der Waals surface area (Å²) in [5.74, 6) is -1.43. The highest BCUT2D eigenvalue weighted by atomic mass is 17.4. The lowest BCUT2D eigenvalue weighted by atomic mass is 10.1. The van der Waals surface area contributed by atoms with Crippen molar-refractivity contribution in [2.24, 2.45) is 5.92 Å². The van der Waals surface area contributed by atoms with Crippen LogP contribution in [-0.4, -0.2) is 11.6 Å². The third kappa shape index (κ3) is 3.14. The summed E-state index contributed by atoms with van der Waals surface area (Å²) in [7, 11) is 0. The zero-order valence-corrected chi connectivity index (χ0v) is 10.3. The summed E-state index contributed by atoms with van der Waals surface area (Å²) in [5, 5.41) is 0. The van der Waals surface area contributed by atoms with Gasteiger partial charge in [-0.15, -0.1) is 0 Å². The molecule has 0 saturated carbocycles. The van der Waals surface area contributed by atoms with Gasteiger partial charge >= 0.3 is 0 Å². The Balaban J connectivity index is 2.47. The topological polar surface area (TPSA) is 36.9 Å². The van der Waals surface area contributed by atoms with E-state index in [-0.39, 0.29) is 5.92 Å². The highest BCUT2D eigenvalue weighted by Gasteiger charge is 2.45. The maximum atomic E-state index is 5.30. The lowest BCUT2D eigenvalue weighted by Crippen LogP contribution is -2.50. The van der Waals surface area contributed by atoms with E-state index in [0.717, 1.165) is 19.3 Å². The van der Waals surface area contributed by atoms with Crippen LogP contribution in [0.3, 0.4) is 0 Å². The zero-order chi connectivity index (χ0) is 11.5. The minimum Gasteiger partial charge on any atom is -0.195 e. The molecule has 1 heterocycles. The van der Waals surface area contributed by atoms with Gasteiger partial charge < -0.3 is 0 Å². The molecular formula is C11H22O4. The third-order valence-corrected chi connectivity index (χ3v) is 2.80. The number of rotatable bonds is 4. The van der Waals surface area contributed by atoms with Crippen LogP contribution in [0.25, 0.3) is 0 Å². The molecule has 0 N–H and O–H groups in total. The molecule has 1 fully saturated rings. The number of hydrogen-bond acceptors (Lipinski definition) is 4. The van der Waals surface area contributed by atoms with Crippen molar-refractivity contribution >= 4 is 0 Å². The fourth-order valence-electron chi connectivity index (χ4n) is 1.14. The van der Waals surface area contributed by atoms with Crippen LogP contribution in [0.5, 0.6) is 0 Å². The smallest absolute Gasteiger partial charge is 0.195 e. The van der Waals surface area contributed by atoms with E-state index in [4.69, 9.17) is 19.6 Å². The van der Waals surface area contributed by atoms with Gasteiger partial charge in [0.25, 0.3) is 0 Å². The standard InChI is InChI=1S/C11H22O4/c1-6-7-8-10(4)12-14-11(5,9(2)3)15-13-10/h9H,6-8H2,1-5H3. The fourth-order valence-corrected chi connectivity index (χ4v) is 1.14. The molecule has 1 aliphatic heterocycles. The van der Waals surface area contributed by atoms with E-state index in [1.807, 2.05) is 20.8 Å². The molecule has 1 saturated heterocycles. The first-order chi connectivity index (χ1) is 6.92. The van der Waals surface area contributed by atoms with Crippen molar-refractivity contribution in [3.8, 4) is 0 Å². The molecule has 4 heteroatoms. The van der Waals surface area contributed by atoms with Crippen LogP contribution in [0, 0.1) is 5.92 Å². The van der Waals surface area contributed by atoms with Crippen molar-refractivity contribution in [1.29, 1.82) is 0 Å². The van der Waals surface area contributed by atoms with Gasteiger partial charge in [-0.2, -0.15) is 19.6 Å². The van der Waals surface area contributed by atoms with Crippen molar-refractivity contribution < 1.29 is 19.6 Å². The summed E-state index contributed by atoms with van der Waals surface area (Å²) in [4.78, 5) is 21.2.